The summed E-state index contributed by atoms with van der Waals surface area (Å²) in [6.07, 6.45) is 2.07. The highest BCUT2D eigenvalue weighted by Crippen LogP contribution is 2.49. The van der Waals surface area contributed by atoms with Crippen molar-refractivity contribution in [2.24, 2.45) is 0 Å². The van der Waals surface area contributed by atoms with E-state index in [1.165, 1.54) is 17.1 Å². The SMILES string of the molecule is COc1ccc([C@H]2CC(=O)C3=C(C2)Nc2ncnn2[C@H]3c2cc3c(cc2[N+](=O)[O-])OCO3)cc1OC. The van der Waals surface area contributed by atoms with Crippen molar-refractivity contribution in [2.75, 3.05) is 26.3 Å². The minimum absolute atomic E-state index is 0.0311. The number of Topliss-reactive ketones (excluding diaryl/α,β-unsaturated/α-hetero) is 1. The van der Waals surface area contributed by atoms with Crippen LogP contribution in [0.3, 0.4) is 0 Å². The maximum Gasteiger partial charge on any atom is 0.279 e. The maximum absolute atomic E-state index is 13.7. The van der Waals surface area contributed by atoms with Gasteiger partial charge < -0.3 is 24.3 Å². The number of carbonyl (C=O) groups is 1. The molecule has 1 aliphatic carbocycles. The summed E-state index contributed by atoms with van der Waals surface area (Å²) >= 11 is 0. The Labute approximate surface area is 204 Å². The molecule has 3 aromatic rings. The third-order valence-electron chi connectivity index (χ3n) is 6.75. The zero-order valence-electron chi connectivity index (χ0n) is 19.4. The number of nitro benzene ring substituents is 1. The fourth-order valence-electron chi connectivity index (χ4n) is 5.11. The normalized spacial score (nSPS) is 19.9. The fourth-order valence-corrected chi connectivity index (χ4v) is 5.11. The summed E-state index contributed by atoms with van der Waals surface area (Å²) in [6.45, 7) is -0.0311. The van der Waals surface area contributed by atoms with Gasteiger partial charge in [-0.15, -0.1) is 0 Å². The van der Waals surface area contributed by atoms with Crippen molar-refractivity contribution >= 4 is 17.4 Å². The molecule has 0 radical (unpaired) electrons. The highest BCUT2D eigenvalue weighted by atomic mass is 16.7. The Morgan fingerprint density at radius 3 is 2.64 bits per heavy atom. The van der Waals surface area contributed by atoms with Crippen molar-refractivity contribution in [3.63, 3.8) is 0 Å². The average Bonchev–Trinajstić information content (AvgIpc) is 3.54. The molecule has 0 saturated carbocycles. The molecule has 0 fully saturated rings. The van der Waals surface area contributed by atoms with Crippen LogP contribution in [0.25, 0.3) is 0 Å². The first-order valence-electron chi connectivity index (χ1n) is 11.2. The Morgan fingerprint density at radius 2 is 1.89 bits per heavy atom. The molecular formula is C24H21N5O7. The Bertz CT molecular complexity index is 1450. The van der Waals surface area contributed by atoms with Crippen LogP contribution in [0, 0.1) is 10.1 Å². The number of ether oxygens (including phenoxy) is 4. The third kappa shape index (κ3) is 3.33. The number of allylic oxidation sites excluding steroid dienone is 2. The zero-order chi connectivity index (χ0) is 25.0. The molecule has 1 aromatic heterocycles. The van der Waals surface area contributed by atoms with Crippen molar-refractivity contribution in [1.82, 2.24) is 14.8 Å². The molecule has 3 heterocycles. The lowest BCUT2D eigenvalue weighted by atomic mass is 9.77. The molecule has 2 aliphatic heterocycles. The molecule has 12 nitrogen and oxygen atoms in total. The average molecular weight is 491 g/mol. The number of anilines is 1. The van der Waals surface area contributed by atoms with Gasteiger partial charge in [0.1, 0.15) is 12.4 Å². The quantitative estimate of drug-likeness (QED) is 0.417. The number of hydrogen-bond acceptors (Lipinski definition) is 10. The molecule has 0 amide bonds. The first kappa shape index (κ1) is 21.9. The van der Waals surface area contributed by atoms with Gasteiger partial charge in [-0.1, -0.05) is 6.07 Å². The molecule has 2 atom stereocenters. The molecule has 36 heavy (non-hydrogen) atoms. The van der Waals surface area contributed by atoms with Gasteiger partial charge in [0.15, 0.2) is 28.8 Å². The van der Waals surface area contributed by atoms with Crippen LogP contribution in [0.15, 0.2) is 47.9 Å². The molecule has 3 aliphatic rings. The number of benzene rings is 2. The molecule has 6 rings (SSSR count). The Hall–Kier alpha value is -4.61. The summed E-state index contributed by atoms with van der Waals surface area (Å²) in [5, 5.41) is 19.5. The standard InChI is InChI=1S/C24H21N5O7/c1-33-18-4-3-12(7-19(18)34-2)13-5-15-22(17(30)6-13)23(28-24(27-15)25-10-26-28)14-8-20-21(36-11-35-20)9-16(14)29(31)32/h3-4,7-10,13,23H,5-6,11H2,1-2H3,(H,25,26,27)/t13-,23+/m1/s1. The van der Waals surface area contributed by atoms with E-state index in [-0.39, 0.29) is 41.9 Å². The largest absolute Gasteiger partial charge is 0.493 e. The van der Waals surface area contributed by atoms with Crippen molar-refractivity contribution in [1.29, 1.82) is 0 Å². The number of fused-ring (bicyclic) bond motifs is 2. The molecule has 1 N–H and O–H groups in total. The number of nitrogens with one attached hydrogen (secondary N) is 1. The molecule has 0 saturated heterocycles. The second-order valence-electron chi connectivity index (χ2n) is 8.61. The highest BCUT2D eigenvalue weighted by molar-refractivity contribution is 6.00. The number of ketones is 1. The lowest BCUT2D eigenvalue weighted by Crippen LogP contribution is -2.34. The minimum Gasteiger partial charge on any atom is -0.493 e. The van der Waals surface area contributed by atoms with E-state index in [2.05, 4.69) is 15.4 Å². The summed E-state index contributed by atoms with van der Waals surface area (Å²) in [5.74, 6) is 1.97. The van der Waals surface area contributed by atoms with Crippen molar-refractivity contribution in [3.05, 3.63) is 69.2 Å². The molecule has 184 valence electrons. The van der Waals surface area contributed by atoms with E-state index < -0.39 is 11.0 Å². The van der Waals surface area contributed by atoms with Gasteiger partial charge in [0.2, 0.25) is 12.7 Å². The maximum atomic E-state index is 13.7. The number of methoxy groups -OCH3 is 2. The minimum atomic E-state index is -0.840. The van der Waals surface area contributed by atoms with Crippen LogP contribution in [-0.4, -0.2) is 46.5 Å². The van der Waals surface area contributed by atoms with Crippen molar-refractivity contribution in [2.45, 2.75) is 24.8 Å². The van der Waals surface area contributed by atoms with E-state index in [1.807, 2.05) is 18.2 Å². The van der Waals surface area contributed by atoms with E-state index in [0.717, 1.165) is 5.56 Å². The summed E-state index contributed by atoms with van der Waals surface area (Å²) < 4.78 is 23.1. The number of aromatic nitrogens is 3. The smallest absolute Gasteiger partial charge is 0.279 e. The zero-order valence-corrected chi connectivity index (χ0v) is 19.4. The van der Waals surface area contributed by atoms with Crippen LogP contribution < -0.4 is 24.3 Å². The van der Waals surface area contributed by atoms with E-state index in [4.69, 9.17) is 18.9 Å². The highest BCUT2D eigenvalue weighted by Gasteiger charge is 2.42. The Balaban J connectivity index is 1.46. The van der Waals surface area contributed by atoms with Gasteiger partial charge in [-0.3, -0.25) is 14.9 Å². The topological polar surface area (TPSA) is 140 Å². The predicted octanol–water partition coefficient (Wildman–Crippen LogP) is 3.35. The molecule has 12 heteroatoms. The van der Waals surface area contributed by atoms with E-state index in [1.54, 1.807) is 20.3 Å². The molecule has 0 bridgehead atoms. The second kappa shape index (κ2) is 8.26. The molecule has 0 unspecified atom stereocenters. The van der Waals surface area contributed by atoms with E-state index in [9.17, 15) is 14.9 Å². The van der Waals surface area contributed by atoms with Crippen LogP contribution in [0.4, 0.5) is 11.6 Å². The van der Waals surface area contributed by atoms with Crippen LogP contribution >= 0.6 is 0 Å². The second-order valence-corrected chi connectivity index (χ2v) is 8.61. The van der Waals surface area contributed by atoms with E-state index in [0.29, 0.717) is 40.9 Å². The number of nitro groups is 1. The number of nitrogens with zero attached hydrogens (tertiary/aromatic N) is 4. The predicted molar refractivity (Wildman–Crippen MR) is 125 cm³/mol. The van der Waals surface area contributed by atoms with Gasteiger partial charge >= 0.3 is 0 Å². The summed E-state index contributed by atoms with van der Waals surface area (Å²) in [5.41, 5.74) is 2.10. The van der Waals surface area contributed by atoms with Gasteiger partial charge in [-0.25, -0.2) is 4.68 Å². The fraction of sp³-hybridized carbons (Fsp3) is 0.292. The molecular weight excluding hydrogens is 470 g/mol. The summed E-state index contributed by atoms with van der Waals surface area (Å²) in [6, 6.07) is 7.64. The van der Waals surface area contributed by atoms with Gasteiger partial charge in [-0.05, 0) is 36.1 Å². The number of carbonyl (C=O) groups excluding carboxylic acids is 1. The van der Waals surface area contributed by atoms with Gasteiger partial charge in [-0.2, -0.15) is 10.1 Å². The van der Waals surface area contributed by atoms with E-state index >= 15 is 0 Å². The van der Waals surface area contributed by atoms with Gasteiger partial charge in [0.25, 0.3) is 5.69 Å². The number of hydrogen-bond donors (Lipinski definition) is 1. The molecule has 2 aromatic carbocycles. The van der Waals surface area contributed by atoms with Gasteiger partial charge in [0, 0.05) is 17.7 Å². The monoisotopic (exact) mass is 491 g/mol. The summed E-state index contributed by atoms with van der Waals surface area (Å²) in [4.78, 5) is 29.5. The third-order valence-corrected chi connectivity index (χ3v) is 6.75. The lowest BCUT2D eigenvalue weighted by Gasteiger charge is -2.35. The Morgan fingerprint density at radius 1 is 1.11 bits per heavy atom. The van der Waals surface area contributed by atoms with Crippen LogP contribution in [0.1, 0.15) is 35.9 Å². The van der Waals surface area contributed by atoms with Crippen LogP contribution in [0.5, 0.6) is 23.0 Å². The Kier molecular flexibility index (Phi) is 5.02. The van der Waals surface area contributed by atoms with Gasteiger partial charge in [0.05, 0.1) is 30.8 Å². The van der Waals surface area contributed by atoms with Crippen molar-refractivity contribution in [3.8, 4) is 23.0 Å². The first-order chi connectivity index (χ1) is 17.5. The molecule has 0 spiro atoms. The van der Waals surface area contributed by atoms with Crippen LogP contribution in [0.2, 0.25) is 0 Å². The number of rotatable bonds is 5. The first-order valence-corrected chi connectivity index (χ1v) is 11.2. The van der Waals surface area contributed by atoms with Crippen molar-refractivity contribution < 1.29 is 28.7 Å². The summed E-state index contributed by atoms with van der Waals surface area (Å²) in [7, 11) is 3.13. The lowest BCUT2D eigenvalue weighted by molar-refractivity contribution is -0.385. The van der Waals surface area contributed by atoms with Crippen LogP contribution in [-0.2, 0) is 4.79 Å².